The van der Waals surface area contributed by atoms with Gasteiger partial charge in [0.1, 0.15) is 5.82 Å². The van der Waals surface area contributed by atoms with Gasteiger partial charge in [0.2, 0.25) is 11.0 Å². The minimum atomic E-state index is -0.176. The Labute approximate surface area is 146 Å². The molecule has 0 spiro atoms. The molecule has 1 aromatic carbocycles. The average molecular weight is 345 g/mol. The van der Waals surface area contributed by atoms with Crippen molar-refractivity contribution in [2.45, 2.75) is 32.9 Å². The molecule has 0 bridgehead atoms. The molecular formula is C17H23N5OS. The largest absolute Gasteiger partial charge is 0.369 e. The molecule has 1 aromatic heterocycles. The third-order valence-electron chi connectivity index (χ3n) is 4.28. The monoisotopic (exact) mass is 345 g/mol. The SMILES string of the molecule is Cc1nsc(NCc2cccc(CN3CCC[C@H](C(N)=O)C3)c2)n1. The molecule has 1 fully saturated rings. The first-order valence-corrected chi connectivity index (χ1v) is 9.01. The summed E-state index contributed by atoms with van der Waals surface area (Å²) in [5, 5.41) is 4.15. The molecule has 0 radical (unpaired) electrons. The topological polar surface area (TPSA) is 84.1 Å². The van der Waals surface area contributed by atoms with E-state index in [0.717, 1.165) is 50.0 Å². The normalized spacial score (nSPS) is 18.5. The van der Waals surface area contributed by atoms with Crippen molar-refractivity contribution in [3.63, 3.8) is 0 Å². The van der Waals surface area contributed by atoms with Gasteiger partial charge < -0.3 is 11.1 Å². The zero-order valence-corrected chi connectivity index (χ0v) is 14.7. The Balaban J connectivity index is 1.57. The van der Waals surface area contributed by atoms with E-state index < -0.39 is 0 Å². The summed E-state index contributed by atoms with van der Waals surface area (Å²) >= 11 is 1.38. The van der Waals surface area contributed by atoms with Crippen LogP contribution in [-0.2, 0) is 17.9 Å². The number of likely N-dealkylation sites (tertiary alicyclic amines) is 1. The molecule has 1 aliphatic rings. The molecule has 2 aromatic rings. The molecule has 0 saturated carbocycles. The van der Waals surface area contributed by atoms with Gasteiger partial charge in [-0.1, -0.05) is 24.3 Å². The van der Waals surface area contributed by atoms with Crippen LogP contribution in [0.25, 0.3) is 0 Å². The fourth-order valence-corrected chi connectivity index (χ4v) is 3.64. The van der Waals surface area contributed by atoms with Gasteiger partial charge in [0.05, 0.1) is 5.92 Å². The van der Waals surface area contributed by atoms with E-state index in [1.165, 1.54) is 22.7 Å². The molecule has 6 nitrogen and oxygen atoms in total. The second-order valence-corrected chi connectivity index (χ2v) is 7.05. The zero-order valence-electron chi connectivity index (χ0n) is 13.9. The van der Waals surface area contributed by atoms with Crippen LogP contribution < -0.4 is 11.1 Å². The molecule has 3 N–H and O–H groups in total. The van der Waals surface area contributed by atoms with E-state index in [1.807, 2.05) is 6.92 Å². The number of carbonyl (C=O) groups is 1. The molecule has 1 atom stereocenters. The Bertz CT molecular complexity index is 702. The Kier molecular flexibility index (Phi) is 5.42. The van der Waals surface area contributed by atoms with E-state index in [9.17, 15) is 4.79 Å². The molecule has 2 heterocycles. The lowest BCUT2D eigenvalue weighted by Crippen LogP contribution is -2.40. The molecule has 7 heteroatoms. The van der Waals surface area contributed by atoms with Crippen molar-refractivity contribution in [3.8, 4) is 0 Å². The van der Waals surface area contributed by atoms with Crippen LogP contribution in [-0.4, -0.2) is 33.3 Å². The number of benzene rings is 1. The maximum absolute atomic E-state index is 11.4. The summed E-state index contributed by atoms with van der Waals surface area (Å²) in [5.74, 6) is 0.611. The number of nitrogens with two attached hydrogens (primary N) is 1. The van der Waals surface area contributed by atoms with E-state index in [0.29, 0.717) is 0 Å². The minimum absolute atomic E-state index is 0.00996. The third-order valence-corrected chi connectivity index (χ3v) is 5.04. The quantitative estimate of drug-likeness (QED) is 0.838. The first-order valence-electron chi connectivity index (χ1n) is 8.24. The van der Waals surface area contributed by atoms with Crippen molar-refractivity contribution in [1.29, 1.82) is 0 Å². The van der Waals surface area contributed by atoms with Crippen LogP contribution in [0.3, 0.4) is 0 Å². The van der Waals surface area contributed by atoms with Gasteiger partial charge in [-0.15, -0.1) is 0 Å². The van der Waals surface area contributed by atoms with E-state index in [-0.39, 0.29) is 11.8 Å². The molecule has 0 aliphatic carbocycles. The van der Waals surface area contributed by atoms with Gasteiger partial charge in [-0.3, -0.25) is 9.69 Å². The highest BCUT2D eigenvalue weighted by Gasteiger charge is 2.23. The van der Waals surface area contributed by atoms with Crippen LogP contribution in [0.1, 0.15) is 29.8 Å². The number of anilines is 1. The number of carbonyl (C=O) groups excluding carboxylic acids is 1. The number of hydrogen-bond donors (Lipinski definition) is 2. The molecule has 1 saturated heterocycles. The number of nitrogens with one attached hydrogen (secondary N) is 1. The van der Waals surface area contributed by atoms with Crippen LogP contribution >= 0.6 is 11.5 Å². The molecule has 24 heavy (non-hydrogen) atoms. The lowest BCUT2D eigenvalue weighted by Gasteiger charge is -2.31. The average Bonchev–Trinajstić information content (AvgIpc) is 2.99. The highest BCUT2D eigenvalue weighted by Crippen LogP contribution is 2.19. The summed E-state index contributed by atoms with van der Waals surface area (Å²) in [6.45, 7) is 5.26. The Hall–Kier alpha value is -1.99. The minimum Gasteiger partial charge on any atom is -0.369 e. The molecule has 1 aliphatic heterocycles. The van der Waals surface area contributed by atoms with E-state index in [2.05, 4.69) is 43.8 Å². The van der Waals surface area contributed by atoms with Crippen molar-refractivity contribution in [2.75, 3.05) is 18.4 Å². The van der Waals surface area contributed by atoms with Crippen LogP contribution in [0.2, 0.25) is 0 Å². The Morgan fingerprint density at radius 2 is 2.29 bits per heavy atom. The maximum atomic E-state index is 11.4. The smallest absolute Gasteiger partial charge is 0.221 e. The lowest BCUT2D eigenvalue weighted by atomic mass is 9.97. The zero-order chi connectivity index (χ0) is 16.9. The Morgan fingerprint density at radius 3 is 3.04 bits per heavy atom. The third kappa shape index (κ3) is 4.52. The number of hydrogen-bond acceptors (Lipinski definition) is 6. The summed E-state index contributed by atoms with van der Waals surface area (Å²) in [7, 11) is 0. The van der Waals surface area contributed by atoms with E-state index >= 15 is 0 Å². The second-order valence-electron chi connectivity index (χ2n) is 6.30. The first kappa shape index (κ1) is 16.9. The predicted molar refractivity (Wildman–Crippen MR) is 95.6 cm³/mol. The highest BCUT2D eigenvalue weighted by atomic mass is 32.1. The van der Waals surface area contributed by atoms with Gasteiger partial charge in [0, 0.05) is 31.2 Å². The number of rotatable bonds is 6. The highest BCUT2D eigenvalue weighted by molar-refractivity contribution is 7.09. The van der Waals surface area contributed by atoms with Crippen molar-refractivity contribution in [1.82, 2.24) is 14.3 Å². The fourth-order valence-electron chi connectivity index (χ4n) is 3.07. The molecule has 128 valence electrons. The van der Waals surface area contributed by atoms with Crippen LogP contribution in [0.5, 0.6) is 0 Å². The molecule has 3 rings (SSSR count). The van der Waals surface area contributed by atoms with Crippen molar-refractivity contribution in [3.05, 3.63) is 41.2 Å². The van der Waals surface area contributed by atoms with Crippen molar-refractivity contribution >= 4 is 22.6 Å². The van der Waals surface area contributed by atoms with Gasteiger partial charge in [-0.2, -0.15) is 4.37 Å². The second kappa shape index (κ2) is 7.72. The maximum Gasteiger partial charge on any atom is 0.221 e. The summed E-state index contributed by atoms with van der Waals surface area (Å²) in [4.78, 5) is 18.0. The predicted octanol–water partition coefficient (Wildman–Crippen LogP) is 2.16. The van der Waals surface area contributed by atoms with Gasteiger partial charge in [-0.05, 0) is 37.4 Å². The molecular weight excluding hydrogens is 322 g/mol. The van der Waals surface area contributed by atoms with Crippen LogP contribution in [0, 0.1) is 12.8 Å². The summed E-state index contributed by atoms with van der Waals surface area (Å²) < 4.78 is 4.17. The van der Waals surface area contributed by atoms with Gasteiger partial charge >= 0.3 is 0 Å². The fraction of sp³-hybridized carbons (Fsp3) is 0.471. The number of nitrogens with zero attached hydrogens (tertiary/aromatic N) is 3. The standard InChI is InChI=1S/C17H23N5OS/c1-12-20-17(24-21-12)19-9-13-4-2-5-14(8-13)10-22-7-3-6-15(11-22)16(18)23/h2,4-5,8,15H,3,6-7,9-11H2,1H3,(H2,18,23)(H,19,20,21)/t15-/m0/s1. The lowest BCUT2D eigenvalue weighted by molar-refractivity contribution is -0.123. The van der Waals surface area contributed by atoms with Crippen molar-refractivity contribution < 1.29 is 4.79 Å². The number of aryl methyl sites for hydroxylation is 1. The summed E-state index contributed by atoms with van der Waals surface area (Å²) in [6.07, 6.45) is 1.95. The summed E-state index contributed by atoms with van der Waals surface area (Å²) in [5.41, 5.74) is 7.93. The van der Waals surface area contributed by atoms with Crippen molar-refractivity contribution in [2.24, 2.45) is 11.7 Å². The Morgan fingerprint density at radius 1 is 1.46 bits per heavy atom. The van der Waals surface area contributed by atoms with E-state index in [4.69, 9.17) is 5.73 Å². The molecule has 1 amide bonds. The number of piperidine rings is 1. The van der Waals surface area contributed by atoms with Crippen LogP contribution in [0.15, 0.2) is 24.3 Å². The molecule has 0 unspecified atom stereocenters. The summed E-state index contributed by atoms with van der Waals surface area (Å²) in [6, 6.07) is 8.52. The van der Waals surface area contributed by atoms with Gasteiger partial charge in [-0.25, -0.2) is 4.98 Å². The van der Waals surface area contributed by atoms with Gasteiger partial charge in [0.25, 0.3) is 0 Å². The number of amides is 1. The first-order chi connectivity index (χ1) is 11.6. The van der Waals surface area contributed by atoms with E-state index in [1.54, 1.807) is 0 Å². The van der Waals surface area contributed by atoms with Crippen LogP contribution in [0.4, 0.5) is 5.13 Å². The number of primary amides is 1. The van der Waals surface area contributed by atoms with Gasteiger partial charge in [0.15, 0.2) is 0 Å². The number of aromatic nitrogens is 2.